The molecule has 0 saturated heterocycles. The topological polar surface area (TPSA) is 116 Å². The number of nitro groups is 1. The van der Waals surface area contributed by atoms with Crippen LogP contribution < -0.4 is 15.4 Å². The Kier molecular flexibility index (Phi) is 5.63. The molecule has 0 radical (unpaired) electrons. The molecule has 0 fully saturated rings. The molecule has 2 aromatic rings. The lowest BCUT2D eigenvalue weighted by Gasteiger charge is -2.09. The number of carbonyl (C=O) groups is 1. The summed E-state index contributed by atoms with van der Waals surface area (Å²) >= 11 is 0. The van der Waals surface area contributed by atoms with E-state index in [1.54, 1.807) is 25.2 Å². The molecule has 0 atom stereocenters. The lowest BCUT2D eigenvalue weighted by Crippen LogP contribution is -2.17. The van der Waals surface area contributed by atoms with Crippen molar-refractivity contribution in [1.82, 2.24) is 4.98 Å². The van der Waals surface area contributed by atoms with E-state index in [1.165, 1.54) is 25.4 Å². The Morgan fingerprint density at radius 2 is 2.04 bits per heavy atom. The summed E-state index contributed by atoms with van der Waals surface area (Å²) in [5, 5.41) is 16.4. The van der Waals surface area contributed by atoms with Crippen molar-refractivity contribution in [3.8, 4) is 11.5 Å². The molecule has 0 aliphatic heterocycles. The highest BCUT2D eigenvalue weighted by Gasteiger charge is 2.14. The SMILES string of the molecule is CNc1ccc(Oc2ccnc(NC(=O)COC)c2)cc1[N+](=O)[O-]. The van der Waals surface area contributed by atoms with Crippen LogP contribution in [0.4, 0.5) is 17.2 Å². The lowest BCUT2D eigenvalue weighted by atomic mass is 10.2. The molecule has 126 valence electrons. The molecule has 24 heavy (non-hydrogen) atoms. The molecule has 2 rings (SSSR count). The van der Waals surface area contributed by atoms with Gasteiger partial charge >= 0.3 is 0 Å². The molecule has 9 heteroatoms. The Balaban J connectivity index is 2.18. The number of methoxy groups -OCH3 is 1. The van der Waals surface area contributed by atoms with Gasteiger partial charge in [0, 0.05) is 26.4 Å². The van der Waals surface area contributed by atoms with Crippen molar-refractivity contribution in [2.24, 2.45) is 0 Å². The molecule has 1 heterocycles. The number of ether oxygens (including phenoxy) is 2. The number of aromatic nitrogens is 1. The van der Waals surface area contributed by atoms with Gasteiger partial charge in [-0.2, -0.15) is 0 Å². The van der Waals surface area contributed by atoms with Gasteiger partial charge in [0.1, 0.15) is 29.6 Å². The van der Waals surface area contributed by atoms with Crippen LogP contribution >= 0.6 is 0 Å². The van der Waals surface area contributed by atoms with E-state index in [4.69, 9.17) is 9.47 Å². The minimum absolute atomic E-state index is 0.0928. The third-order valence-corrected chi connectivity index (χ3v) is 2.95. The molecule has 2 N–H and O–H groups in total. The van der Waals surface area contributed by atoms with Gasteiger partial charge in [-0.15, -0.1) is 0 Å². The van der Waals surface area contributed by atoms with Crippen LogP contribution in [-0.2, 0) is 9.53 Å². The van der Waals surface area contributed by atoms with Crippen molar-refractivity contribution in [2.75, 3.05) is 31.4 Å². The quantitative estimate of drug-likeness (QED) is 0.591. The number of nitro benzene ring substituents is 1. The van der Waals surface area contributed by atoms with E-state index >= 15 is 0 Å². The van der Waals surface area contributed by atoms with E-state index in [2.05, 4.69) is 15.6 Å². The Hall–Kier alpha value is -3.20. The molecule has 0 unspecified atom stereocenters. The molecule has 1 aromatic heterocycles. The molecular weight excluding hydrogens is 316 g/mol. The van der Waals surface area contributed by atoms with Gasteiger partial charge in [0.25, 0.3) is 11.6 Å². The Bertz CT molecular complexity index is 750. The Morgan fingerprint density at radius 3 is 2.71 bits per heavy atom. The predicted octanol–water partition coefficient (Wildman–Crippen LogP) is 2.41. The normalized spacial score (nSPS) is 10.1. The molecule has 1 amide bonds. The number of hydrogen-bond acceptors (Lipinski definition) is 7. The maximum atomic E-state index is 11.5. The first-order valence-corrected chi connectivity index (χ1v) is 6.92. The molecule has 1 aromatic carbocycles. The van der Waals surface area contributed by atoms with Gasteiger partial charge < -0.3 is 20.1 Å². The van der Waals surface area contributed by atoms with E-state index in [0.717, 1.165) is 0 Å². The minimum Gasteiger partial charge on any atom is -0.457 e. The van der Waals surface area contributed by atoms with Gasteiger partial charge in [-0.05, 0) is 18.2 Å². The smallest absolute Gasteiger partial charge is 0.296 e. The highest BCUT2D eigenvalue weighted by atomic mass is 16.6. The first-order valence-electron chi connectivity index (χ1n) is 6.92. The fourth-order valence-corrected chi connectivity index (χ4v) is 1.93. The van der Waals surface area contributed by atoms with Crippen molar-refractivity contribution in [3.63, 3.8) is 0 Å². The summed E-state index contributed by atoms with van der Waals surface area (Å²) in [4.78, 5) is 26.0. The van der Waals surface area contributed by atoms with Crippen molar-refractivity contribution >= 4 is 23.1 Å². The second-order valence-electron chi connectivity index (χ2n) is 4.65. The third-order valence-electron chi connectivity index (χ3n) is 2.95. The summed E-state index contributed by atoms with van der Waals surface area (Å²) in [6, 6.07) is 7.54. The van der Waals surface area contributed by atoms with E-state index in [9.17, 15) is 14.9 Å². The average molecular weight is 332 g/mol. The monoisotopic (exact) mass is 332 g/mol. The van der Waals surface area contributed by atoms with Crippen LogP contribution in [0.3, 0.4) is 0 Å². The van der Waals surface area contributed by atoms with Gasteiger partial charge in [0.05, 0.1) is 11.0 Å². The molecule has 0 aliphatic carbocycles. The van der Waals surface area contributed by atoms with Gasteiger partial charge in [-0.1, -0.05) is 0 Å². The van der Waals surface area contributed by atoms with Gasteiger partial charge in [-0.3, -0.25) is 14.9 Å². The summed E-state index contributed by atoms with van der Waals surface area (Å²) in [5.41, 5.74) is 0.285. The first kappa shape index (κ1) is 17.2. The average Bonchev–Trinajstić information content (AvgIpc) is 2.55. The summed E-state index contributed by atoms with van der Waals surface area (Å²) in [7, 11) is 3.01. The number of hydrogen-bond donors (Lipinski definition) is 2. The number of pyridine rings is 1. The summed E-state index contributed by atoms with van der Waals surface area (Å²) in [5.74, 6) is 0.609. The second-order valence-corrected chi connectivity index (χ2v) is 4.65. The standard InChI is InChI=1S/C15H16N4O5/c1-16-12-4-3-10(7-13(12)19(21)22)24-11-5-6-17-14(8-11)18-15(20)9-23-2/h3-8,16H,9H2,1-2H3,(H,17,18,20). The number of benzene rings is 1. The van der Waals surface area contributed by atoms with Crippen LogP contribution in [0.15, 0.2) is 36.5 Å². The molecule has 0 bridgehead atoms. The summed E-state index contributed by atoms with van der Waals surface area (Å²) < 4.78 is 10.3. The highest BCUT2D eigenvalue weighted by Crippen LogP contribution is 2.31. The van der Waals surface area contributed by atoms with E-state index in [0.29, 0.717) is 17.2 Å². The van der Waals surface area contributed by atoms with Crippen LogP contribution in [0.1, 0.15) is 0 Å². The highest BCUT2D eigenvalue weighted by molar-refractivity contribution is 5.90. The Labute approximate surface area is 137 Å². The van der Waals surface area contributed by atoms with Crippen molar-refractivity contribution in [2.45, 2.75) is 0 Å². The third kappa shape index (κ3) is 4.40. The van der Waals surface area contributed by atoms with E-state index < -0.39 is 4.92 Å². The second kappa shape index (κ2) is 7.88. The van der Waals surface area contributed by atoms with Crippen LogP contribution in [0.25, 0.3) is 0 Å². The number of nitrogens with one attached hydrogen (secondary N) is 2. The van der Waals surface area contributed by atoms with Crippen LogP contribution in [-0.4, -0.2) is 36.6 Å². The van der Waals surface area contributed by atoms with E-state index in [1.807, 2.05) is 0 Å². The number of carbonyl (C=O) groups excluding carboxylic acids is 1. The lowest BCUT2D eigenvalue weighted by molar-refractivity contribution is -0.384. The zero-order valence-electron chi connectivity index (χ0n) is 13.1. The maximum Gasteiger partial charge on any atom is 0.296 e. The van der Waals surface area contributed by atoms with Crippen molar-refractivity contribution in [3.05, 3.63) is 46.6 Å². The van der Waals surface area contributed by atoms with Crippen molar-refractivity contribution in [1.29, 1.82) is 0 Å². The molecule has 9 nitrogen and oxygen atoms in total. The number of amides is 1. The minimum atomic E-state index is -0.498. The maximum absolute atomic E-state index is 11.5. The fraction of sp³-hybridized carbons (Fsp3) is 0.200. The summed E-state index contributed by atoms with van der Waals surface area (Å²) in [6.45, 7) is -0.0928. The van der Waals surface area contributed by atoms with E-state index in [-0.39, 0.29) is 24.0 Å². The largest absolute Gasteiger partial charge is 0.457 e. The number of anilines is 2. The zero-order valence-corrected chi connectivity index (χ0v) is 13.1. The Morgan fingerprint density at radius 1 is 1.29 bits per heavy atom. The predicted molar refractivity (Wildman–Crippen MR) is 87.5 cm³/mol. The zero-order chi connectivity index (χ0) is 17.5. The van der Waals surface area contributed by atoms with Crippen molar-refractivity contribution < 1.29 is 19.2 Å². The van der Waals surface area contributed by atoms with Gasteiger partial charge in [0.15, 0.2) is 0 Å². The van der Waals surface area contributed by atoms with Crippen LogP contribution in [0.5, 0.6) is 11.5 Å². The molecule has 0 spiro atoms. The first-order chi connectivity index (χ1) is 11.5. The number of rotatable bonds is 7. The van der Waals surface area contributed by atoms with Crippen LogP contribution in [0.2, 0.25) is 0 Å². The summed E-state index contributed by atoms with van der Waals surface area (Å²) in [6.07, 6.45) is 1.45. The molecule has 0 saturated carbocycles. The molecule has 0 aliphatic rings. The number of nitrogens with zero attached hydrogens (tertiary/aromatic N) is 2. The van der Waals surface area contributed by atoms with Crippen LogP contribution in [0, 0.1) is 10.1 Å². The fourth-order valence-electron chi connectivity index (χ4n) is 1.93. The molecular formula is C15H16N4O5. The van der Waals surface area contributed by atoms with Gasteiger partial charge in [0.2, 0.25) is 0 Å². The van der Waals surface area contributed by atoms with Gasteiger partial charge in [-0.25, -0.2) is 4.98 Å².